The highest BCUT2D eigenvalue weighted by atomic mass is 79.9. The van der Waals surface area contributed by atoms with E-state index in [0.717, 1.165) is 30.3 Å². The number of nitrogens with one attached hydrogen (secondary N) is 1. The van der Waals surface area contributed by atoms with Crippen LogP contribution < -0.4 is 5.32 Å². The Morgan fingerprint density at radius 3 is 2.70 bits per heavy atom. The van der Waals surface area contributed by atoms with E-state index in [1.165, 1.54) is 25.3 Å². The fourth-order valence-corrected chi connectivity index (χ4v) is 3.47. The molecule has 1 saturated carbocycles. The minimum atomic E-state index is -0.527. The van der Waals surface area contributed by atoms with E-state index in [1.54, 1.807) is 0 Å². The maximum atomic E-state index is 13.1. The third-order valence-electron chi connectivity index (χ3n) is 4.02. The lowest BCUT2D eigenvalue weighted by molar-refractivity contribution is 0.0919. The molecule has 0 saturated heterocycles. The van der Waals surface area contributed by atoms with Crippen molar-refractivity contribution in [2.24, 2.45) is 5.41 Å². The van der Waals surface area contributed by atoms with Crippen LogP contribution in [0.15, 0.2) is 18.2 Å². The summed E-state index contributed by atoms with van der Waals surface area (Å²) in [6.45, 7) is 0.549. The Kier molecular flexibility index (Phi) is 5.02. The molecule has 1 fully saturated rings. The number of hydrogen-bond donors (Lipinski definition) is 2. The lowest BCUT2D eigenvalue weighted by atomic mass is 9.75. The van der Waals surface area contributed by atoms with E-state index < -0.39 is 11.7 Å². The second-order valence-electron chi connectivity index (χ2n) is 5.54. The van der Waals surface area contributed by atoms with Crippen LogP contribution >= 0.6 is 15.9 Å². The number of hydrogen-bond acceptors (Lipinski definition) is 2. The number of alkyl halides is 1. The van der Waals surface area contributed by atoms with Gasteiger partial charge in [-0.1, -0.05) is 35.2 Å². The average Bonchev–Trinajstić information content (AvgIpc) is 2.48. The van der Waals surface area contributed by atoms with Crippen LogP contribution in [0.3, 0.4) is 0 Å². The minimum absolute atomic E-state index is 0.00877. The van der Waals surface area contributed by atoms with Crippen LogP contribution in [-0.2, 0) is 0 Å². The summed E-state index contributed by atoms with van der Waals surface area (Å²) in [4.78, 5) is 12.1. The number of carbonyl (C=O) groups excluding carboxylic acids is 1. The van der Waals surface area contributed by atoms with Gasteiger partial charge in [0.25, 0.3) is 5.91 Å². The molecule has 5 heteroatoms. The van der Waals surface area contributed by atoms with Crippen LogP contribution in [0.4, 0.5) is 4.39 Å². The summed E-state index contributed by atoms with van der Waals surface area (Å²) in [5.41, 5.74) is 0.0714. The minimum Gasteiger partial charge on any atom is -0.507 e. The van der Waals surface area contributed by atoms with Crippen molar-refractivity contribution < 1.29 is 14.3 Å². The first-order valence-corrected chi connectivity index (χ1v) is 8.01. The van der Waals surface area contributed by atoms with Gasteiger partial charge in [-0.3, -0.25) is 4.79 Å². The van der Waals surface area contributed by atoms with Crippen molar-refractivity contribution in [3.8, 4) is 5.75 Å². The zero-order valence-corrected chi connectivity index (χ0v) is 12.9. The van der Waals surface area contributed by atoms with E-state index in [4.69, 9.17) is 0 Å². The number of amides is 1. The Morgan fingerprint density at radius 1 is 1.35 bits per heavy atom. The predicted octanol–water partition coefficient (Wildman–Crippen LogP) is 3.61. The molecule has 0 heterocycles. The molecule has 3 nitrogen and oxygen atoms in total. The molecule has 0 bridgehead atoms. The molecular formula is C15H19BrFNO2. The fourth-order valence-electron chi connectivity index (χ4n) is 2.71. The molecule has 1 aliphatic rings. The maximum absolute atomic E-state index is 13.1. The second-order valence-corrected chi connectivity index (χ2v) is 6.10. The first kappa shape index (κ1) is 15.3. The van der Waals surface area contributed by atoms with E-state index in [1.807, 2.05) is 0 Å². The molecular weight excluding hydrogens is 325 g/mol. The van der Waals surface area contributed by atoms with Gasteiger partial charge in [-0.25, -0.2) is 4.39 Å². The number of benzene rings is 1. The Hall–Kier alpha value is -1.10. The molecule has 0 unspecified atom stereocenters. The molecule has 110 valence electrons. The normalized spacial score (nSPS) is 17.7. The van der Waals surface area contributed by atoms with Crippen molar-refractivity contribution in [2.45, 2.75) is 32.1 Å². The van der Waals surface area contributed by atoms with E-state index in [2.05, 4.69) is 21.2 Å². The molecule has 0 spiro atoms. The van der Waals surface area contributed by atoms with E-state index >= 15 is 0 Å². The van der Waals surface area contributed by atoms with Gasteiger partial charge in [0.2, 0.25) is 0 Å². The number of halogens is 2. The van der Waals surface area contributed by atoms with Crippen molar-refractivity contribution in [3.63, 3.8) is 0 Å². The molecule has 2 N–H and O–H groups in total. The molecule has 0 aliphatic heterocycles. The van der Waals surface area contributed by atoms with E-state index in [-0.39, 0.29) is 16.7 Å². The summed E-state index contributed by atoms with van der Waals surface area (Å²) < 4.78 is 13.1. The standard InChI is InChI=1S/C15H19BrFNO2/c16-9-15(6-2-1-3-7-15)10-18-14(20)12-8-11(17)4-5-13(12)19/h4-5,8,19H,1-3,6-7,9-10H2,(H,18,20). The summed E-state index contributed by atoms with van der Waals surface area (Å²) in [5.74, 6) is -1.14. The number of phenols is 1. The smallest absolute Gasteiger partial charge is 0.255 e. The highest BCUT2D eigenvalue weighted by Gasteiger charge is 2.31. The largest absolute Gasteiger partial charge is 0.507 e. The number of phenolic OH excluding ortho intramolecular Hbond substituents is 1. The van der Waals surface area contributed by atoms with Gasteiger partial charge in [0.1, 0.15) is 11.6 Å². The third kappa shape index (κ3) is 3.51. The van der Waals surface area contributed by atoms with E-state index in [9.17, 15) is 14.3 Å². The predicted molar refractivity (Wildman–Crippen MR) is 79.7 cm³/mol. The summed E-state index contributed by atoms with van der Waals surface area (Å²) in [5, 5.41) is 13.3. The lowest BCUT2D eigenvalue weighted by Gasteiger charge is -2.35. The highest BCUT2D eigenvalue weighted by molar-refractivity contribution is 9.09. The SMILES string of the molecule is O=C(NCC1(CBr)CCCCC1)c1cc(F)ccc1O. The first-order chi connectivity index (χ1) is 9.56. The van der Waals surface area contributed by atoms with Crippen LogP contribution in [0.5, 0.6) is 5.75 Å². The molecule has 0 aromatic heterocycles. The fraction of sp³-hybridized carbons (Fsp3) is 0.533. The van der Waals surface area contributed by atoms with Crippen LogP contribution in [0.2, 0.25) is 0 Å². The molecule has 2 rings (SSSR count). The molecule has 20 heavy (non-hydrogen) atoms. The van der Waals surface area contributed by atoms with Gasteiger partial charge in [0, 0.05) is 11.9 Å². The van der Waals surface area contributed by atoms with E-state index in [0.29, 0.717) is 6.54 Å². The zero-order valence-electron chi connectivity index (χ0n) is 11.3. The molecule has 1 aliphatic carbocycles. The van der Waals surface area contributed by atoms with Crippen molar-refractivity contribution in [1.29, 1.82) is 0 Å². The van der Waals surface area contributed by atoms with Crippen molar-refractivity contribution in [3.05, 3.63) is 29.6 Å². The van der Waals surface area contributed by atoms with Crippen LogP contribution in [0, 0.1) is 11.2 Å². The highest BCUT2D eigenvalue weighted by Crippen LogP contribution is 2.37. The Morgan fingerprint density at radius 2 is 2.05 bits per heavy atom. The summed E-state index contributed by atoms with van der Waals surface area (Å²) in [6.07, 6.45) is 5.74. The summed E-state index contributed by atoms with van der Waals surface area (Å²) in [7, 11) is 0. The molecule has 1 aromatic rings. The Labute approximate surface area is 126 Å². The topological polar surface area (TPSA) is 49.3 Å². The van der Waals surface area contributed by atoms with Gasteiger partial charge >= 0.3 is 0 Å². The first-order valence-electron chi connectivity index (χ1n) is 6.89. The van der Waals surface area contributed by atoms with Gasteiger partial charge in [-0.2, -0.15) is 0 Å². The van der Waals surface area contributed by atoms with Crippen molar-refractivity contribution in [2.75, 3.05) is 11.9 Å². The van der Waals surface area contributed by atoms with Crippen LogP contribution in [0.1, 0.15) is 42.5 Å². The monoisotopic (exact) mass is 343 g/mol. The van der Waals surface area contributed by atoms with Crippen molar-refractivity contribution in [1.82, 2.24) is 5.32 Å². The Balaban J connectivity index is 2.02. The molecule has 1 aromatic carbocycles. The third-order valence-corrected chi connectivity index (χ3v) is 5.21. The molecule has 0 atom stereocenters. The Bertz CT molecular complexity index is 487. The summed E-state index contributed by atoms with van der Waals surface area (Å²) in [6, 6.07) is 3.39. The number of rotatable bonds is 4. The lowest BCUT2D eigenvalue weighted by Crippen LogP contribution is -2.40. The van der Waals surface area contributed by atoms with Crippen LogP contribution in [0.25, 0.3) is 0 Å². The average molecular weight is 344 g/mol. The quantitative estimate of drug-likeness (QED) is 0.820. The van der Waals surface area contributed by atoms with Gasteiger partial charge in [-0.15, -0.1) is 0 Å². The van der Waals surface area contributed by atoms with Gasteiger partial charge in [0.15, 0.2) is 0 Å². The van der Waals surface area contributed by atoms with Crippen LogP contribution in [-0.4, -0.2) is 22.9 Å². The zero-order chi connectivity index (χ0) is 14.6. The van der Waals surface area contributed by atoms with Gasteiger partial charge < -0.3 is 10.4 Å². The second kappa shape index (κ2) is 6.57. The molecule has 1 amide bonds. The molecule has 0 radical (unpaired) electrons. The maximum Gasteiger partial charge on any atom is 0.255 e. The van der Waals surface area contributed by atoms with Crippen molar-refractivity contribution >= 4 is 21.8 Å². The number of carbonyl (C=O) groups is 1. The summed E-state index contributed by atoms with van der Waals surface area (Å²) >= 11 is 3.54. The van der Waals surface area contributed by atoms with Gasteiger partial charge in [-0.05, 0) is 36.5 Å². The number of aromatic hydroxyl groups is 1. The van der Waals surface area contributed by atoms with Gasteiger partial charge in [0.05, 0.1) is 5.56 Å².